The van der Waals surface area contributed by atoms with Crippen molar-refractivity contribution in [3.63, 3.8) is 0 Å². The minimum absolute atomic E-state index is 0.636. The maximum absolute atomic E-state index is 3.58. The predicted molar refractivity (Wildman–Crippen MR) is 83.4 cm³/mol. The highest BCUT2D eigenvalue weighted by Gasteiger charge is 2.29. The summed E-state index contributed by atoms with van der Waals surface area (Å²) < 4.78 is 0. The van der Waals surface area contributed by atoms with Gasteiger partial charge in [-0.25, -0.2) is 0 Å². The summed E-state index contributed by atoms with van der Waals surface area (Å²) in [5, 5.41) is 3.58. The lowest BCUT2D eigenvalue weighted by Gasteiger charge is -2.36. The van der Waals surface area contributed by atoms with Crippen molar-refractivity contribution in [3.8, 4) is 0 Å². The summed E-state index contributed by atoms with van der Waals surface area (Å²) in [5.41, 5.74) is 2.85. The predicted octanol–water partition coefficient (Wildman–Crippen LogP) is 4.20. The van der Waals surface area contributed by atoms with Crippen LogP contribution in [0.5, 0.6) is 0 Å². The topological polar surface area (TPSA) is 12.0 Å². The molecule has 2 rings (SSSR count). The van der Waals surface area contributed by atoms with Crippen LogP contribution in [-0.2, 0) is 6.42 Å². The number of hydrogen-bond donors (Lipinski definition) is 1. The number of hydrogen-bond acceptors (Lipinski definition) is 1. The molecule has 0 radical (unpaired) electrons. The highest BCUT2D eigenvalue weighted by molar-refractivity contribution is 5.23. The molecule has 1 nitrogen and oxygen atoms in total. The third-order valence-electron chi connectivity index (χ3n) is 5.12. The van der Waals surface area contributed by atoms with Gasteiger partial charge < -0.3 is 5.32 Å². The van der Waals surface area contributed by atoms with Crippen LogP contribution in [0.25, 0.3) is 0 Å². The van der Waals surface area contributed by atoms with Crippen molar-refractivity contribution >= 4 is 0 Å². The Morgan fingerprint density at radius 1 is 1.21 bits per heavy atom. The van der Waals surface area contributed by atoms with Gasteiger partial charge in [0, 0.05) is 6.04 Å². The van der Waals surface area contributed by atoms with Gasteiger partial charge in [0.05, 0.1) is 0 Å². The van der Waals surface area contributed by atoms with E-state index in [1.54, 1.807) is 0 Å². The van der Waals surface area contributed by atoms with Gasteiger partial charge in [0.1, 0.15) is 0 Å². The molecular weight excluding hydrogens is 230 g/mol. The molecular formula is C18H29N. The first-order chi connectivity index (χ1) is 9.10. The largest absolute Gasteiger partial charge is 0.316 e. The van der Waals surface area contributed by atoms with Crippen molar-refractivity contribution in [1.82, 2.24) is 5.32 Å². The summed E-state index contributed by atoms with van der Waals surface area (Å²) in [5.74, 6) is 2.64. The van der Waals surface area contributed by atoms with E-state index in [9.17, 15) is 0 Å². The number of likely N-dealkylation sites (N-methyl/N-ethyl adjacent to an activating group) is 1. The van der Waals surface area contributed by atoms with Crippen molar-refractivity contribution < 1.29 is 0 Å². The minimum Gasteiger partial charge on any atom is -0.316 e. The van der Waals surface area contributed by atoms with Gasteiger partial charge in [-0.1, -0.05) is 50.1 Å². The third kappa shape index (κ3) is 3.82. The van der Waals surface area contributed by atoms with E-state index in [4.69, 9.17) is 0 Å². The molecule has 1 aliphatic carbocycles. The van der Waals surface area contributed by atoms with E-state index in [-0.39, 0.29) is 0 Å². The van der Waals surface area contributed by atoms with Gasteiger partial charge in [-0.3, -0.25) is 0 Å². The smallest absolute Gasteiger partial charge is 0.0133 e. The summed E-state index contributed by atoms with van der Waals surface area (Å²) in [7, 11) is 2.13. The number of rotatable bonds is 4. The summed E-state index contributed by atoms with van der Waals surface area (Å²) >= 11 is 0. The normalized spacial score (nSPS) is 29.2. The zero-order valence-corrected chi connectivity index (χ0v) is 12.9. The molecule has 1 heteroatoms. The van der Waals surface area contributed by atoms with E-state index in [0.717, 1.165) is 17.8 Å². The molecule has 19 heavy (non-hydrogen) atoms. The second kappa shape index (κ2) is 6.56. The van der Waals surface area contributed by atoms with Crippen LogP contribution in [0.1, 0.15) is 44.2 Å². The van der Waals surface area contributed by atoms with E-state index in [1.807, 2.05) is 0 Å². The average Bonchev–Trinajstić information content (AvgIpc) is 2.39. The van der Waals surface area contributed by atoms with Crippen molar-refractivity contribution in [1.29, 1.82) is 0 Å². The molecule has 4 unspecified atom stereocenters. The van der Waals surface area contributed by atoms with Crippen LogP contribution in [-0.4, -0.2) is 13.1 Å². The quantitative estimate of drug-likeness (QED) is 0.854. The monoisotopic (exact) mass is 259 g/mol. The molecule has 0 bridgehead atoms. The first-order valence-electron chi connectivity index (χ1n) is 7.83. The molecule has 1 N–H and O–H groups in total. The highest BCUT2D eigenvalue weighted by atomic mass is 14.9. The number of benzene rings is 1. The Kier molecular flexibility index (Phi) is 5.04. The number of nitrogens with one attached hydrogen (secondary N) is 1. The first kappa shape index (κ1) is 14.6. The van der Waals surface area contributed by atoms with E-state index < -0.39 is 0 Å². The minimum atomic E-state index is 0.636. The second-order valence-corrected chi connectivity index (χ2v) is 6.62. The highest BCUT2D eigenvalue weighted by Crippen LogP contribution is 2.35. The summed E-state index contributed by atoms with van der Waals surface area (Å²) in [6.45, 7) is 7.02. The van der Waals surface area contributed by atoms with E-state index in [1.165, 1.54) is 36.8 Å². The van der Waals surface area contributed by atoms with Gasteiger partial charge in [0.25, 0.3) is 0 Å². The fraction of sp³-hybridized carbons (Fsp3) is 0.667. The zero-order chi connectivity index (χ0) is 13.8. The zero-order valence-electron chi connectivity index (χ0n) is 12.9. The van der Waals surface area contributed by atoms with Gasteiger partial charge in [0.15, 0.2) is 0 Å². The SMILES string of the molecule is CNC(Cc1cccc(C)c1)C1CCC(C)C(C)C1. The van der Waals surface area contributed by atoms with Crippen LogP contribution in [0.4, 0.5) is 0 Å². The molecule has 1 aromatic rings. The Bertz CT molecular complexity index is 398. The summed E-state index contributed by atoms with van der Waals surface area (Å²) in [6, 6.07) is 9.60. The Hall–Kier alpha value is -0.820. The first-order valence-corrected chi connectivity index (χ1v) is 7.83. The molecule has 1 aromatic carbocycles. The molecule has 0 aromatic heterocycles. The Morgan fingerprint density at radius 3 is 2.63 bits per heavy atom. The van der Waals surface area contributed by atoms with Crippen LogP contribution >= 0.6 is 0 Å². The molecule has 4 atom stereocenters. The van der Waals surface area contributed by atoms with Gasteiger partial charge >= 0.3 is 0 Å². The maximum Gasteiger partial charge on any atom is 0.0133 e. The van der Waals surface area contributed by atoms with Crippen LogP contribution in [0.15, 0.2) is 24.3 Å². The van der Waals surface area contributed by atoms with E-state index >= 15 is 0 Å². The molecule has 0 saturated heterocycles. The standard InChI is InChI=1S/C18H29N/c1-13-6-5-7-16(10-13)12-18(19-4)17-9-8-14(2)15(3)11-17/h5-7,10,14-15,17-19H,8-9,11-12H2,1-4H3. The fourth-order valence-electron chi connectivity index (χ4n) is 3.55. The van der Waals surface area contributed by atoms with Crippen molar-refractivity contribution in [2.75, 3.05) is 7.05 Å². The molecule has 1 aliphatic rings. The molecule has 0 heterocycles. The van der Waals surface area contributed by atoms with Crippen molar-refractivity contribution in [2.45, 2.75) is 52.5 Å². The molecule has 1 fully saturated rings. The average molecular weight is 259 g/mol. The molecule has 1 saturated carbocycles. The molecule has 106 valence electrons. The third-order valence-corrected chi connectivity index (χ3v) is 5.12. The fourth-order valence-corrected chi connectivity index (χ4v) is 3.55. The second-order valence-electron chi connectivity index (χ2n) is 6.62. The van der Waals surface area contributed by atoms with Crippen molar-refractivity contribution in [2.24, 2.45) is 17.8 Å². The van der Waals surface area contributed by atoms with Crippen LogP contribution in [0.3, 0.4) is 0 Å². The van der Waals surface area contributed by atoms with E-state index in [2.05, 4.69) is 57.4 Å². The van der Waals surface area contributed by atoms with Crippen LogP contribution in [0, 0.1) is 24.7 Å². The summed E-state index contributed by atoms with van der Waals surface area (Å²) in [6.07, 6.45) is 5.35. The lowest BCUT2D eigenvalue weighted by molar-refractivity contribution is 0.173. The lowest BCUT2D eigenvalue weighted by Crippen LogP contribution is -2.39. The maximum atomic E-state index is 3.58. The molecule has 0 aliphatic heterocycles. The molecule has 0 amide bonds. The summed E-state index contributed by atoms with van der Waals surface area (Å²) in [4.78, 5) is 0. The van der Waals surface area contributed by atoms with Crippen LogP contribution < -0.4 is 5.32 Å². The van der Waals surface area contributed by atoms with Gasteiger partial charge in [0.2, 0.25) is 0 Å². The van der Waals surface area contributed by atoms with Gasteiger partial charge in [-0.05, 0) is 56.6 Å². The Labute approximate surface area is 118 Å². The lowest BCUT2D eigenvalue weighted by atomic mass is 9.72. The Balaban J connectivity index is 2.00. The number of aryl methyl sites for hydroxylation is 1. The molecule has 0 spiro atoms. The van der Waals surface area contributed by atoms with E-state index in [0.29, 0.717) is 6.04 Å². The van der Waals surface area contributed by atoms with Crippen molar-refractivity contribution in [3.05, 3.63) is 35.4 Å². The Morgan fingerprint density at radius 2 is 2.00 bits per heavy atom. The van der Waals surface area contributed by atoms with Gasteiger partial charge in [-0.15, -0.1) is 0 Å². The van der Waals surface area contributed by atoms with Gasteiger partial charge in [-0.2, -0.15) is 0 Å². The van der Waals surface area contributed by atoms with Crippen LogP contribution in [0.2, 0.25) is 0 Å².